The predicted molar refractivity (Wildman–Crippen MR) is 88.6 cm³/mol. The summed E-state index contributed by atoms with van der Waals surface area (Å²) in [4.78, 5) is 27.1. The Balaban J connectivity index is 2.34. The fraction of sp³-hybridized carbons (Fsp3) is 0.438. The molecule has 0 fully saturated rings. The number of hydrogen-bond acceptors (Lipinski definition) is 4. The maximum Gasteiger partial charge on any atom is 0.279 e. The Morgan fingerprint density at radius 1 is 1.32 bits per heavy atom. The molecule has 118 valence electrons. The first-order valence-corrected chi connectivity index (χ1v) is 7.96. The molecule has 0 aromatic carbocycles. The molecule has 0 aliphatic carbocycles. The number of amides is 1. The van der Waals surface area contributed by atoms with Crippen molar-refractivity contribution in [2.24, 2.45) is 7.05 Å². The van der Waals surface area contributed by atoms with Crippen LogP contribution in [-0.4, -0.2) is 15.7 Å². The molecule has 0 aliphatic heterocycles. The lowest BCUT2D eigenvalue weighted by Crippen LogP contribution is -2.36. The quantitative estimate of drug-likeness (QED) is 0.945. The average Bonchev–Trinajstić information content (AvgIpc) is 2.76. The molecule has 0 aliphatic rings. The third kappa shape index (κ3) is 2.97. The van der Waals surface area contributed by atoms with Crippen LogP contribution >= 0.6 is 11.3 Å². The van der Waals surface area contributed by atoms with Crippen LogP contribution in [0.5, 0.6) is 0 Å². The first kappa shape index (κ1) is 16.4. The zero-order valence-electron chi connectivity index (χ0n) is 13.8. The van der Waals surface area contributed by atoms with Gasteiger partial charge in [0.1, 0.15) is 5.56 Å². The molecule has 0 unspecified atom stereocenters. The van der Waals surface area contributed by atoms with Gasteiger partial charge >= 0.3 is 0 Å². The van der Waals surface area contributed by atoms with Crippen molar-refractivity contribution < 1.29 is 4.79 Å². The SMILES string of the molecule is Cc1cc([C@H](C)NC(=O)c2c(C)c(C)nn(C)c2=O)c(C)s1. The Labute approximate surface area is 134 Å². The van der Waals surface area contributed by atoms with E-state index in [0.29, 0.717) is 11.3 Å². The maximum absolute atomic E-state index is 12.5. The summed E-state index contributed by atoms with van der Waals surface area (Å²) in [5, 5.41) is 7.03. The van der Waals surface area contributed by atoms with Crippen molar-refractivity contribution in [2.75, 3.05) is 0 Å². The van der Waals surface area contributed by atoms with Crippen LogP contribution in [0.3, 0.4) is 0 Å². The van der Waals surface area contributed by atoms with Crippen molar-refractivity contribution in [3.8, 4) is 0 Å². The van der Waals surface area contributed by atoms with E-state index in [1.807, 2.05) is 20.8 Å². The van der Waals surface area contributed by atoms with Crippen molar-refractivity contribution in [3.63, 3.8) is 0 Å². The molecule has 2 rings (SSSR count). The van der Waals surface area contributed by atoms with Gasteiger partial charge in [-0.1, -0.05) is 0 Å². The third-order valence-electron chi connectivity index (χ3n) is 3.85. The number of aryl methyl sites for hydroxylation is 4. The zero-order valence-corrected chi connectivity index (χ0v) is 14.6. The van der Waals surface area contributed by atoms with E-state index in [4.69, 9.17) is 0 Å². The molecule has 5 nitrogen and oxygen atoms in total. The Bertz CT molecular complexity index is 789. The second-order valence-electron chi connectivity index (χ2n) is 5.58. The molecule has 2 aromatic rings. The smallest absolute Gasteiger partial charge is 0.279 e. The van der Waals surface area contributed by atoms with Gasteiger partial charge in [0.15, 0.2) is 0 Å². The van der Waals surface area contributed by atoms with Gasteiger partial charge in [-0.15, -0.1) is 11.3 Å². The van der Waals surface area contributed by atoms with E-state index in [9.17, 15) is 9.59 Å². The number of thiophene rings is 1. The van der Waals surface area contributed by atoms with Crippen molar-refractivity contribution >= 4 is 17.2 Å². The van der Waals surface area contributed by atoms with Crippen LogP contribution in [0.25, 0.3) is 0 Å². The molecule has 1 amide bonds. The molecule has 1 atom stereocenters. The normalized spacial score (nSPS) is 12.3. The van der Waals surface area contributed by atoms with Crippen LogP contribution in [0, 0.1) is 27.7 Å². The minimum absolute atomic E-state index is 0.143. The Morgan fingerprint density at radius 3 is 2.50 bits per heavy atom. The van der Waals surface area contributed by atoms with Gasteiger partial charge in [0, 0.05) is 16.8 Å². The molecule has 0 bridgehead atoms. The number of carbonyl (C=O) groups excluding carboxylic acids is 1. The fourth-order valence-corrected chi connectivity index (χ4v) is 3.57. The van der Waals surface area contributed by atoms with E-state index >= 15 is 0 Å². The molecule has 2 aromatic heterocycles. The predicted octanol–water partition coefficient (Wildman–Crippen LogP) is 2.57. The minimum atomic E-state index is -0.369. The summed E-state index contributed by atoms with van der Waals surface area (Å²) in [5.41, 5.74) is 2.21. The van der Waals surface area contributed by atoms with E-state index in [2.05, 4.69) is 16.5 Å². The number of aromatic nitrogens is 2. The summed E-state index contributed by atoms with van der Waals surface area (Å²) < 4.78 is 1.21. The Morgan fingerprint density at radius 2 is 1.95 bits per heavy atom. The zero-order chi connectivity index (χ0) is 16.6. The van der Waals surface area contributed by atoms with Gasteiger partial charge in [0.2, 0.25) is 0 Å². The Hall–Kier alpha value is -1.95. The highest BCUT2D eigenvalue weighted by Gasteiger charge is 2.21. The lowest BCUT2D eigenvalue weighted by molar-refractivity contribution is 0.0936. The van der Waals surface area contributed by atoms with Crippen molar-refractivity contribution in [3.05, 3.63) is 48.6 Å². The van der Waals surface area contributed by atoms with Gasteiger partial charge in [0.25, 0.3) is 11.5 Å². The number of hydrogen-bond donors (Lipinski definition) is 1. The van der Waals surface area contributed by atoms with Crippen LogP contribution in [0.15, 0.2) is 10.9 Å². The second kappa shape index (κ2) is 6.04. The summed E-state index contributed by atoms with van der Waals surface area (Å²) in [7, 11) is 1.56. The van der Waals surface area contributed by atoms with Crippen LogP contribution < -0.4 is 10.9 Å². The molecular weight excluding hydrogens is 298 g/mol. The van der Waals surface area contributed by atoms with Gasteiger partial charge in [-0.25, -0.2) is 4.68 Å². The highest BCUT2D eigenvalue weighted by atomic mass is 32.1. The van der Waals surface area contributed by atoms with Gasteiger partial charge in [-0.2, -0.15) is 5.10 Å². The first-order chi connectivity index (χ1) is 10.2. The van der Waals surface area contributed by atoms with Crippen molar-refractivity contribution in [2.45, 2.75) is 40.7 Å². The third-order valence-corrected chi connectivity index (χ3v) is 4.83. The van der Waals surface area contributed by atoms with Gasteiger partial charge in [-0.05, 0) is 51.8 Å². The average molecular weight is 319 g/mol. The van der Waals surface area contributed by atoms with Gasteiger partial charge in [-0.3, -0.25) is 9.59 Å². The lowest BCUT2D eigenvalue weighted by Gasteiger charge is -2.15. The molecule has 0 saturated carbocycles. The lowest BCUT2D eigenvalue weighted by atomic mass is 10.1. The van der Waals surface area contributed by atoms with E-state index in [1.165, 1.54) is 14.4 Å². The highest BCUT2D eigenvalue weighted by molar-refractivity contribution is 7.12. The molecular formula is C16H21N3O2S. The van der Waals surface area contributed by atoms with E-state index in [1.54, 1.807) is 32.2 Å². The monoisotopic (exact) mass is 319 g/mol. The van der Waals surface area contributed by atoms with Gasteiger partial charge in [0.05, 0.1) is 11.7 Å². The van der Waals surface area contributed by atoms with Gasteiger partial charge < -0.3 is 5.32 Å². The molecule has 6 heteroatoms. The van der Waals surface area contributed by atoms with Crippen LogP contribution in [0.2, 0.25) is 0 Å². The standard InChI is InChI=1S/C16H21N3O2S/c1-8-7-13(12(5)22-8)11(4)17-15(20)14-9(2)10(3)18-19(6)16(14)21/h7,11H,1-6H3,(H,17,20)/t11-/m0/s1. The van der Waals surface area contributed by atoms with E-state index in [0.717, 1.165) is 5.56 Å². The Kier molecular flexibility index (Phi) is 4.51. The van der Waals surface area contributed by atoms with Crippen LogP contribution in [0.1, 0.15) is 49.9 Å². The first-order valence-electron chi connectivity index (χ1n) is 7.14. The van der Waals surface area contributed by atoms with Crippen LogP contribution in [-0.2, 0) is 7.05 Å². The molecule has 22 heavy (non-hydrogen) atoms. The number of nitrogens with one attached hydrogen (secondary N) is 1. The number of nitrogens with zero attached hydrogens (tertiary/aromatic N) is 2. The number of rotatable bonds is 3. The molecule has 1 N–H and O–H groups in total. The second-order valence-corrected chi connectivity index (χ2v) is 7.04. The van der Waals surface area contributed by atoms with E-state index in [-0.39, 0.29) is 23.1 Å². The van der Waals surface area contributed by atoms with Crippen molar-refractivity contribution in [1.82, 2.24) is 15.1 Å². The topological polar surface area (TPSA) is 64.0 Å². The summed E-state index contributed by atoms with van der Waals surface area (Å²) in [5.74, 6) is -0.348. The summed E-state index contributed by atoms with van der Waals surface area (Å²) >= 11 is 1.70. The van der Waals surface area contributed by atoms with Crippen molar-refractivity contribution in [1.29, 1.82) is 0 Å². The fourth-order valence-electron chi connectivity index (χ4n) is 2.54. The molecule has 0 saturated heterocycles. The summed E-state index contributed by atoms with van der Waals surface area (Å²) in [6, 6.07) is 1.93. The van der Waals surface area contributed by atoms with E-state index < -0.39 is 0 Å². The molecule has 0 radical (unpaired) electrons. The minimum Gasteiger partial charge on any atom is -0.345 e. The largest absolute Gasteiger partial charge is 0.345 e. The van der Waals surface area contributed by atoms with Crippen LogP contribution in [0.4, 0.5) is 0 Å². The maximum atomic E-state index is 12.5. The summed E-state index contributed by atoms with van der Waals surface area (Å²) in [6.45, 7) is 9.56. The highest BCUT2D eigenvalue weighted by Crippen LogP contribution is 2.26. The molecule has 2 heterocycles. The number of carbonyl (C=O) groups is 1. The summed E-state index contributed by atoms with van der Waals surface area (Å²) in [6.07, 6.45) is 0. The molecule has 0 spiro atoms.